The second-order valence-corrected chi connectivity index (χ2v) is 13.1. The number of aliphatic hydroxyl groups is 2. The van der Waals surface area contributed by atoms with E-state index in [2.05, 4.69) is 6.58 Å². The van der Waals surface area contributed by atoms with Gasteiger partial charge in [0.25, 0.3) is 0 Å². The Morgan fingerprint density at radius 3 is 2.20 bits per heavy atom. The molecule has 0 amide bonds. The molecule has 1 aromatic carbocycles. The molecule has 2 fully saturated rings. The van der Waals surface area contributed by atoms with Crippen LogP contribution in [-0.2, 0) is 49.3 Å². The number of benzene rings is 1. The van der Waals surface area contributed by atoms with E-state index in [-0.39, 0.29) is 23.8 Å². The van der Waals surface area contributed by atoms with Crippen molar-refractivity contribution in [1.29, 1.82) is 0 Å². The van der Waals surface area contributed by atoms with E-state index >= 15 is 0 Å². The number of esters is 2. The number of carboxylic acids is 3. The van der Waals surface area contributed by atoms with Crippen LogP contribution in [0.3, 0.4) is 0 Å². The first-order valence-corrected chi connectivity index (χ1v) is 16.1. The number of rotatable bonds is 17. The van der Waals surface area contributed by atoms with Gasteiger partial charge in [0, 0.05) is 25.3 Å². The first-order chi connectivity index (χ1) is 22.9. The van der Waals surface area contributed by atoms with Crippen LogP contribution in [0.1, 0.15) is 65.9 Å². The van der Waals surface area contributed by atoms with Crippen molar-refractivity contribution in [3.63, 3.8) is 0 Å². The molecule has 2 bridgehead atoms. The predicted molar refractivity (Wildman–Crippen MR) is 171 cm³/mol. The molecule has 0 unspecified atom stereocenters. The van der Waals surface area contributed by atoms with Gasteiger partial charge in [0.15, 0.2) is 6.10 Å². The number of aliphatic carboxylic acids is 3. The molecule has 49 heavy (non-hydrogen) atoms. The Morgan fingerprint density at radius 1 is 1.04 bits per heavy atom. The molecule has 14 heteroatoms. The molecule has 2 aliphatic rings. The highest BCUT2D eigenvalue weighted by atomic mass is 17.0. The van der Waals surface area contributed by atoms with Crippen LogP contribution in [0.4, 0.5) is 0 Å². The normalized spacial score (nSPS) is 30.1. The zero-order valence-corrected chi connectivity index (χ0v) is 28.2. The minimum absolute atomic E-state index is 0.123. The Hall–Kier alpha value is -4.11. The summed E-state index contributed by atoms with van der Waals surface area (Å²) in [6, 6.07) is 9.29. The number of fused-ring (bicyclic) bond motifs is 2. The number of aliphatic hydroxyl groups excluding tert-OH is 1. The zero-order valence-electron chi connectivity index (χ0n) is 28.2. The van der Waals surface area contributed by atoms with Crippen LogP contribution in [0.25, 0.3) is 0 Å². The first kappa shape index (κ1) is 39.3. The van der Waals surface area contributed by atoms with Crippen LogP contribution < -0.4 is 0 Å². The molecule has 2 heterocycles. The van der Waals surface area contributed by atoms with Crippen LogP contribution >= 0.6 is 0 Å². The third kappa shape index (κ3) is 7.88. The molecule has 10 atom stereocenters. The van der Waals surface area contributed by atoms with Gasteiger partial charge in [-0.2, -0.15) is 0 Å². The summed E-state index contributed by atoms with van der Waals surface area (Å²) >= 11 is 0. The summed E-state index contributed by atoms with van der Waals surface area (Å²) in [5.74, 6) is -11.3. The van der Waals surface area contributed by atoms with Crippen LogP contribution in [0.5, 0.6) is 0 Å². The maximum Gasteiger partial charge on any atom is 0.344 e. The fraction of sp³-hybridized carbons (Fsp3) is 0.571. The Balaban J connectivity index is 2.02. The fourth-order valence-corrected chi connectivity index (χ4v) is 6.58. The smallest absolute Gasteiger partial charge is 0.344 e. The lowest BCUT2D eigenvalue weighted by Crippen LogP contribution is -2.78. The van der Waals surface area contributed by atoms with E-state index in [4.69, 9.17) is 18.9 Å². The van der Waals surface area contributed by atoms with Crippen molar-refractivity contribution in [1.82, 2.24) is 0 Å². The standard InChI is InChI=1S/C35H46O14/c1-7-19(2)17-20(3)13-14-25(37)47-28-27(38)33(48-29(30(39)40)34(45,31(41)42)35(28,49-33)32(43)44)16-15-21(4)26(46-23(6)36)22(5)18-24-11-9-8-10-12-24/h8-14,19-20,22,26-29,38,45H,4,7,15-18H2,1-3,5-6H3,(H,39,40)(H,41,42)(H,43,44)/b14-13+/t19-,20+,22+,26+,27-,28-,29-,33+,34-,35+/m1/s1/i1+1,7+1,13+1,14+1,15+1,16+1,17+1,19+1,20+1,21+1,22+1,25+1,26+1,27+1,28+1,29+1,30+1,31+1,32+1,33+1,34+1,35+1. The molecule has 2 saturated heterocycles. The second-order valence-electron chi connectivity index (χ2n) is 13.1. The minimum atomic E-state index is -3.90. The number of allylic oxidation sites excluding steroid dienone is 1. The van der Waals surface area contributed by atoms with Crippen molar-refractivity contribution < 1.29 is 68.5 Å². The summed E-state index contributed by atoms with van der Waals surface area (Å²) in [6.45, 7) is 12.9. The van der Waals surface area contributed by atoms with E-state index in [1.807, 2.05) is 51.1 Å². The number of hydrogen-bond donors (Lipinski definition) is 5. The Bertz CT molecular complexity index is 1440. The van der Waals surface area contributed by atoms with Crippen molar-refractivity contribution in [3.8, 4) is 0 Å². The number of ether oxygens (including phenoxy) is 4. The number of carbonyl (C=O) groups is 5. The third-order valence-electron chi connectivity index (χ3n) is 9.29. The number of carboxylic acid groups (broad SMARTS) is 3. The van der Waals surface area contributed by atoms with Crippen molar-refractivity contribution in [2.24, 2.45) is 17.8 Å². The highest BCUT2D eigenvalue weighted by molar-refractivity contribution is 5.98. The maximum atomic E-state index is 13.0. The molecular formula is C35H46O14. The van der Waals surface area contributed by atoms with E-state index in [0.717, 1.165) is 18.1 Å². The molecule has 1 aromatic rings. The van der Waals surface area contributed by atoms with Crippen molar-refractivity contribution in [3.05, 3.63) is 60.2 Å². The lowest BCUT2D eigenvalue weighted by molar-refractivity contribution is -0.374. The molecule has 0 aliphatic carbocycles. The second kappa shape index (κ2) is 15.6. The summed E-state index contributed by atoms with van der Waals surface area (Å²) < 4.78 is 22.0. The average molecular weight is 713 g/mol. The van der Waals surface area contributed by atoms with Crippen LogP contribution in [0.2, 0.25) is 0 Å². The van der Waals surface area contributed by atoms with Gasteiger partial charge < -0.3 is 44.5 Å². The van der Waals surface area contributed by atoms with Gasteiger partial charge in [0.1, 0.15) is 12.2 Å². The molecule has 2 aliphatic heterocycles. The molecule has 0 radical (unpaired) electrons. The van der Waals surface area contributed by atoms with Crippen LogP contribution in [-0.4, -0.2) is 96.8 Å². The Kier molecular flexibility index (Phi) is 12.5. The summed E-state index contributed by atoms with van der Waals surface area (Å²) in [7, 11) is 0. The molecule has 270 valence electrons. The van der Waals surface area contributed by atoms with Gasteiger partial charge in [-0.25, -0.2) is 19.2 Å². The van der Waals surface area contributed by atoms with Gasteiger partial charge in [0.05, 0.1) is 0 Å². The molecule has 0 saturated carbocycles. The number of carbonyl (C=O) groups excluding carboxylic acids is 2. The lowest BCUT2D eigenvalue weighted by atomic mass is 10.2. The monoisotopic (exact) mass is 712 g/mol. The molecule has 14 nitrogen and oxygen atoms in total. The maximum absolute atomic E-state index is 13.0. The minimum Gasteiger partial charge on any atom is -0.479 e. The van der Waals surface area contributed by atoms with Crippen molar-refractivity contribution >= 4 is 29.8 Å². The van der Waals surface area contributed by atoms with Crippen LogP contribution in [0.15, 0.2) is 54.6 Å². The van der Waals surface area contributed by atoms with Gasteiger partial charge in [-0.3, -0.25) is 4.79 Å². The van der Waals surface area contributed by atoms with E-state index in [1.54, 1.807) is 6.92 Å². The summed E-state index contributed by atoms with van der Waals surface area (Å²) in [5, 5.41) is 53.5. The highest BCUT2D eigenvalue weighted by Crippen LogP contribution is 2.56. The van der Waals surface area contributed by atoms with Crippen LogP contribution in [0, 0.1) is 17.8 Å². The molecule has 0 aromatic heterocycles. The molecule has 0 spiro atoms. The van der Waals surface area contributed by atoms with Gasteiger partial charge in [0.2, 0.25) is 23.1 Å². The topological polar surface area (TPSA) is 223 Å². The first-order valence-electron chi connectivity index (χ1n) is 16.1. The predicted octanol–water partition coefficient (Wildman–Crippen LogP) is 2.88. The summed E-state index contributed by atoms with van der Waals surface area (Å²) in [5.41, 5.74) is -6.27. The van der Waals surface area contributed by atoms with E-state index in [1.165, 1.54) is 13.0 Å². The number of hydrogen-bond acceptors (Lipinski definition) is 11. The Morgan fingerprint density at radius 2 is 1.67 bits per heavy atom. The lowest BCUT2D eigenvalue weighted by Gasteiger charge is -2.48. The fourth-order valence-electron chi connectivity index (χ4n) is 6.58. The molecule has 3 rings (SSSR count). The summed E-state index contributed by atoms with van der Waals surface area (Å²) in [6.07, 6.45) is -4.83. The van der Waals surface area contributed by atoms with Crippen molar-refractivity contribution in [2.75, 3.05) is 0 Å². The van der Waals surface area contributed by atoms with Gasteiger partial charge in [-0.05, 0) is 42.2 Å². The van der Waals surface area contributed by atoms with E-state index in [0.29, 0.717) is 18.8 Å². The van der Waals surface area contributed by atoms with Gasteiger partial charge >= 0.3 is 29.8 Å². The zero-order chi connectivity index (χ0) is 36.9. The van der Waals surface area contributed by atoms with E-state index < -0.39 is 77.7 Å². The summed E-state index contributed by atoms with van der Waals surface area (Å²) in [4.78, 5) is 63.0. The van der Waals surface area contributed by atoms with Crippen molar-refractivity contribution in [2.45, 2.75) is 108 Å². The van der Waals surface area contributed by atoms with E-state index in [9.17, 15) is 49.5 Å². The quantitative estimate of drug-likeness (QED) is 0.0678. The van der Waals surface area contributed by atoms with Gasteiger partial charge in [-0.1, -0.05) is 77.1 Å². The molecule has 5 N–H and O–H groups in total. The van der Waals surface area contributed by atoms with Gasteiger partial charge in [-0.15, -0.1) is 0 Å². The Labute approximate surface area is 284 Å². The largest absolute Gasteiger partial charge is 0.479 e. The SMILES string of the molecule is C=[13C]([13CH2][13CH2][13C@]12O[13C@H]([13C](=O)O)[13C@@](O)([13C](=O)O)[13C@]([13C](=O)O)(O1)[13C@H](O[13C](=O)/[13CH]=[13CH]/[13C@H](C)[13CH2][13C@H](C)[13CH2][13CH3])[13C@H]2O)[13C@H](OC(C)=O)[13C@@H](C)Cc1ccccc1. The third-order valence-corrected chi connectivity index (χ3v) is 9.29. The average Bonchev–Trinajstić information content (AvgIpc) is 3.25. The highest BCUT2D eigenvalue weighted by Gasteiger charge is 2.85. The molecular weight excluding hydrogens is 666 g/mol.